The van der Waals surface area contributed by atoms with Crippen molar-refractivity contribution in [3.05, 3.63) is 58.6 Å². The van der Waals surface area contributed by atoms with E-state index in [0.29, 0.717) is 24.3 Å². The Morgan fingerprint density at radius 2 is 1.78 bits per heavy atom. The number of fused-ring (bicyclic) bond motifs is 1. The zero-order chi connectivity index (χ0) is 19.6. The summed E-state index contributed by atoms with van der Waals surface area (Å²) in [5, 5.41) is 2.67. The Hall–Kier alpha value is -2.91. The van der Waals surface area contributed by atoms with Gasteiger partial charge < -0.3 is 9.73 Å². The predicted octanol–water partition coefficient (Wildman–Crippen LogP) is 2.40. The minimum absolute atomic E-state index is 0.126. The zero-order valence-electron chi connectivity index (χ0n) is 14.9. The van der Waals surface area contributed by atoms with E-state index < -0.39 is 21.7 Å². The molecule has 3 rings (SSSR count). The van der Waals surface area contributed by atoms with Gasteiger partial charge in [-0.2, -0.15) is 4.31 Å². The van der Waals surface area contributed by atoms with Crippen LogP contribution in [-0.4, -0.2) is 36.7 Å². The van der Waals surface area contributed by atoms with Crippen molar-refractivity contribution in [1.82, 2.24) is 9.29 Å². The van der Waals surface area contributed by atoms with E-state index in [1.165, 1.54) is 28.6 Å². The van der Waals surface area contributed by atoms with Gasteiger partial charge in [0, 0.05) is 18.7 Å². The van der Waals surface area contributed by atoms with Crippen LogP contribution in [0.2, 0.25) is 0 Å². The lowest BCUT2D eigenvalue weighted by Crippen LogP contribution is -2.30. The number of carbonyl (C=O) groups is 1. The van der Waals surface area contributed by atoms with Crippen LogP contribution in [0.5, 0.6) is 0 Å². The summed E-state index contributed by atoms with van der Waals surface area (Å²) < 4.78 is 31.4. The third kappa shape index (κ3) is 3.64. The molecule has 0 spiro atoms. The second-order valence-electron chi connectivity index (χ2n) is 5.76. The molecule has 0 fully saturated rings. The lowest BCUT2D eigenvalue weighted by atomic mass is 10.2. The van der Waals surface area contributed by atoms with Gasteiger partial charge in [0.15, 0.2) is 5.58 Å². The molecule has 0 atom stereocenters. The number of H-pyrrole nitrogens is 1. The topological polar surface area (TPSA) is 112 Å². The Kier molecular flexibility index (Phi) is 5.15. The van der Waals surface area contributed by atoms with Crippen molar-refractivity contribution in [1.29, 1.82) is 0 Å². The minimum Gasteiger partial charge on any atom is -0.406 e. The van der Waals surface area contributed by atoms with E-state index in [4.69, 9.17) is 4.42 Å². The normalized spacial score (nSPS) is 11.8. The van der Waals surface area contributed by atoms with Gasteiger partial charge in [0.25, 0.3) is 5.91 Å². The Labute approximate surface area is 155 Å². The van der Waals surface area contributed by atoms with Crippen LogP contribution in [0.25, 0.3) is 11.1 Å². The van der Waals surface area contributed by atoms with Crippen LogP contribution < -0.4 is 11.1 Å². The average Bonchev–Trinajstić information content (AvgIpc) is 3.04. The average molecular weight is 389 g/mol. The summed E-state index contributed by atoms with van der Waals surface area (Å²) in [5.74, 6) is -1.06. The summed E-state index contributed by atoms with van der Waals surface area (Å²) in [7, 11) is -3.58. The fourth-order valence-electron chi connectivity index (χ4n) is 2.76. The third-order valence-electron chi connectivity index (χ3n) is 4.15. The molecule has 3 aromatic rings. The molecule has 8 nitrogen and oxygen atoms in total. The van der Waals surface area contributed by atoms with E-state index in [1.807, 2.05) is 0 Å². The number of rotatable bonds is 6. The van der Waals surface area contributed by atoms with Crippen LogP contribution in [0, 0.1) is 0 Å². The summed E-state index contributed by atoms with van der Waals surface area (Å²) in [6.45, 7) is 4.27. The van der Waals surface area contributed by atoms with Crippen LogP contribution in [0.4, 0.5) is 5.69 Å². The maximum atomic E-state index is 12.5. The first-order chi connectivity index (χ1) is 12.9. The number of aromatic nitrogens is 1. The van der Waals surface area contributed by atoms with E-state index in [-0.39, 0.29) is 16.0 Å². The van der Waals surface area contributed by atoms with Crippen LogP contribution in [0.3, 0.4) is 0 Å². The first kappa shape index (κ1) is 18.9. The molecule has 9 heteroatoms. The summed E-state index contributed by atoms with van der Waals surface area (Å²) in [5.41, 5.74) is 1.34. The van der Waals surface area contributed by atoms with Crippen LogP contribution in [0.1, 0.15) is 24.2 Å². The number of nitrogens with one attached hydrogen (secondary N) is 2. The lowest BCUT2D eigenvalue weighted by molar-refractivity contribution is 0.102. The van der Waals surface area contributed by atoms with E-state index in [0.717, 1.165) is 0 Å². The number of anilines is 1. The predicted molar refractivity (Wildman–Crippen MR) is 101 cm³/mol. The smallest absolute Gasteiger partial charge is 0.406 e. The Balaban J connectivity index is 1.85. The molecule has 0 unspecified atom stereocenters. The number of hydrogen-bond donors (Lipinski definition) is 2. The lowest BCUT2D eigenvalue weighted by Gasteiger charge is -2.18. The number of benzene rings is 2. The molecular formula is C18H19N3O5S. The van der Waals surface area contributed by atoms with Gasteiger partial charge in [-0.1, -0.05) is 19.9 Å². The molecule has 2 N–H and O–H groups in total. The number of nitrogens with zero attached hydrogens (tertiary/aromatic N) is 1. The van der Waals surface area contributed by atoms with Crippen LogP contribution >= 0.6 is 0 Å². The number of hydrogen-bond acceptors (Lipinski definition) is 5. The highest BCUT2D eigenvalue weighted by molar-refractivity contribution is 7.89. The standard InChI is InChI=1S/C18H19N3O5S/c1-3-21(4-2)27(24,25)13-10-8-12(9-11-13)17(22)19-14-6-5-7-15-16(14)26-18(23)20-15/h5-11H,3-4H2,1-2H3,(H,19,22)(H,20,23). The fraction of sp³-hybridized carbons (Fsp3) is 0.222. The van der Waals surface area contributed by atoms with E-state index in [1.54, 1.807) is 32.0 Å². The zero-order valence-corrected chi connectivity index (χ0v) is 15.7. The first-order valence-corrected chi connectivity index (χ1v) is 9.84. The second kappa shape index (κ2) is 7.37. The van der Waals surface area contributed by atoms with E-state index in [2.05, 4.69) is 10.3 Å². The Morgan fingerprint density at radius 3 is 2.41 bits per heavy atom. The van der Waals surface area contributed by atoms with Crippen LogP contribution in [0.15, 0.2) is 56.6 Å². The molecule has 0 bridgehead atoms. The van der Waals surface area contributed by atoms with Crippen molar-refractivity contribution < 1.29 is 17.6 Å². The summed E-state index contributed by atoms with van der Waals surface area (Å²) in [4.78, 5) is 26.4. The van der Waals surface area contributed by atoms with E-state index in [9.17, 15) is 18.0 Å². The number of carbonyl (C=O) groups excluding carboxylic acids is 1. The highest BCUT2D eigenvalue weighted by Crippen LogP contribution is 2.22. The van der Waals surface area contributed by atoms with Crippen LogP contribution in [-0.2, 0) is 10.0 Å². The quantitative estimate of drug-likeness (QED) is 0.672. The molecule has 1 heterocycles. The summed E-state index contributed by atoms with van der Waals surface area (Å²) >= 11 is 0. The van der Waals surface area contributed by atoms with Crippen molar-refractivity contribution in [2.24, 2.45) is 0 Å². The molecule has 142 valence electrons. The molecule has 27 heavy (non-hydrogen) atoms. The SMILES string of the molecule is CCN(CC)S(=O)(=O)c1ccc(C(=O)Nc2cccc3[nH]c(=O)oc23)cc1. The number of amides is 1. The van der Waals surface area contributed by atoms with Crippen molar-refractivity contribution in [3.8, 4) is 0 Å². The molecule has 0 aliphatic carbocycles. The van der Waals surface area contributed by atoms with Gasteiger partial charge in [0.2, 0.25) is 10.0 Å². The molecule has 1 amide bonds. The van der Waals surface area contributed by atoms with Gasteiger partial charge in [-0.25, -0.2) is 13.2 Å². The van der Waals surface area contributed by atoms with Gasteiger partial charge in [0.1, 0.15) is 0 Å². The summed E-state index contributed by atoms with van der Waals surface area (Å²) in [6, 6.07) is 10.6. The van der Waals surface area contributed by atoms with Gasteiger partial charge in [-0.3, -0.25) is 9.78 Å². The molecular weight excluding hydrogens is 370 g/mol. The molecule has 0 saturated heterocycles. The monoisotopic (exact) mass is 389 g/mol. The van der Waals surface area contributed by atoms with Gasteiger partial charge >= 0.3 is 5.76 Å². The number of oxazole rings is 1. The number of para-hydroxylation sites is 1. The molecule has 2 aromatic carbocycles. The van der Waals surface area contributed by atoms with E-state index >= 15 is 0 Å². The number of aromatic amines is 1. The van der Waals surface area contributed by atoms with Gasteiger partial charge in [0.05, 0.1) is 16.1 Å². The first-order valence-electron chi connectivity index (χ1n) is 8.40. The van der Waals surface area contributed by atoms with Gasteiger partial charge in [-0.05, 0) is 36.4 Å². The minimum atomic E-state index is -3.58. The van der Waals surface area contributed by atoms with Gasteiger partial charge in [-0.15, -0.1) is 0 Å². The Bertz CT molecular complexity index is 1130. The maximum absolute atomic E-state index is 12.5. The van der Waals surface area contributed by atoms with Crippen molar-refractivity contribution in [3.63, 3.8) is 0 Å². The maximum Gasteiger partial charge on any atom is 0.417 e. The largest absolute Gasteiger partial charge is 0.417 e. The Morgan fingerprint density at radius 1 is 1.11 bits per heavy atom. The molecule has 0 aliphatic rings. The summed E-state index contributed by atoms with van der Waals surface area (Å²) in [6.07, 6.45) is 0. The second-order valence-corrected chi connectivity index (χ2v) is 7.70. The van der Waals surface area contributed by atoms with Crippen molar-refractivity contribution in [2.45, 2.75) is 18.7 Å². The highest BCUT2D eigenvalue weighted by Gasteiger charge is 2.21. The highest BCUT2D eigenvalue weighted by atomic mass is 32.2. The molecule has 0 radical (unpaired) electrons. The van der Waals surface area contributed by atoms with Crippen molar-refractivity contribution in [2.75, 3.05) is 18.4 Å². The molecule has 0 saturated carbocycles. The molecule has 0 aliphatic heterocycles. The fourth-order valence-corrected chi connectivity index (χ4v) is 4.22. The number of sulfonamides is 1. The molecule has 1 aromatic heterocycles. The third-order valence-corrected chi connectivity index (χ3v) is 6.22. The van der Waals surface area contributed by atoms with Crippen molar-refractivity contribution >= 4 is 32.7 Å².